The number of aromatic nitrogens is 2. The first-order valence-corrected chi connectivity index (χ1v) is 10.9. The normalized spacial score (nSPS) is 14.9. The molecule has 29 heavy (non-hydrogen) atoms. The number of rotatable bonds is 5. The van der Waals surface area contributed by atoms with Gasteiger partial charge in [0.05, 0.1) is 12.2 Å². The molecule has 3 heterocycles. The molecule has 7 heteroatoms. The largest absolute Gasteiger partial charge is 0.357 e. The Bertz CT molecular complexity index is 917. The topological polar surface area (TPSA) is 56.7 Å². The molecule has 0 spiro atoms. The summed E-state index contributed by atoms with van der Waals surface area (Å²) in [6.45, 7) is 7.29. The number of guanidine groups is 1. The van der Waals surface area contributed by atoms with Crippen LogP contribution in [0.15, 0.2) is 65.1 Å². The molecule has 1 aliphatic heterocycles. The van der Waals surface area contributed by atoms with E-state index in [-0.39, 0.29) is 0 Å². The number of hydrogen-bond acceptors (Lipinski definition) is 5. The van der Waals surface area contributed by atoms with Crippen LogP contribution in [-0.2, 0) is 6.54 Å². The number of pyridine rings is 1. The standard InChI is InChI=1S/C22H26N6S/c1-2-23-22(28-14-12-27(13-15-28)20-10-6-7-11-24-20)25-16-21-26-19(17-29-21)18-8-4-3-5-9-18/h3-11,17H,2,12-16H2,1H3,(H,23,25). The maximum atomic E-state index is 4.86. The zero-order valence-electron chi connectivity index (χ0n) is 16.7. The van der Waals surface area contributed by atoms with E-state index in [4.69, 9.17) is 9.98 Å². The van der Waals surface area contributed by atoms with Crippen molar-refractivity contribution in [3.8, 4) is 11.3 Å². The van der Waals surface area contributed by atoms with E-state index in [0.29, 0.717) is 6.54 Å². The number of thiazole rings is 1. The lowest BCUT2D eigenvalue weighted by Crippen LogP contribution is -2.52. The van der Waals surface area contributed by atoms with Gasteiger partial charge < -0.3 is 15.1 Å². The maximum absolute atomic E-state index is 4.86. The van der Waals surface area contributed by atoms with Crippen molar-refractivity contribution in [2.24, 2.45) is 4.99 Å². The van der Waals surface area contributed by atoms with Crippen LogP contribution in [0, 0.1) is 0 Å². The first kappa shape index (κ1) is 19.4. The first-order chi connectivity index (χ1) is 14.3. The number of nitrogens with zero attached hydrogens (tertiary/aromatic N) is 5. The van der Waals surface area contributed by atoms with Crippen LogP contribution < -0.4 is 10.2 Å². The Morgan fingerprint density at radius 2 is 1.86 bits per heavy atom. The average Bonchev–Trinajstić information content (AvgIpc) is 3.27. The minimum Gasteiger partial charge on any atom is -0.357 e. The molecule has 6 nitrogen and oxygen atoms in total. The fourth-order valence-corrected chi connectivity index (χ4v) is 4.11. The SMILES string of the molecule is CCNC(=NCc1nc(-c2ccccc2)cs1)N1CCN(c2ccccn2)CC1. The van der Waals surface area contributed by atoms with Gasteiger partial charge in [-0.05, 0) is 19.1 Å². The molecule has 0 saturated carbocycles. The third-order valence-corrected chi connectivity index (χ3v) is 5.71. The van der Waals surface area contributed by atoms with Crippen LogP contribution in [-0.4, -0.2) is 53.6 Å². The molecule has 3 aromatic rings. The summed E-state index contributed by atoms with van der Waals surface area (Å²) in [6, 6.07) is 16.4. The zero-order chi connectivity index (χ0) is 19.9. The van der Waals surface area contributed by atoms with Crippen molar-refractivity contribution in [1.29, 1.82) is 0 Å². The second-order valence-corrected chi connectivity index (χ2v) is 7.77. The fourth-order valence-electron chi connectivity index (χ4n) is 3.38. The predicted molar refractivity (Wildman–Crippen MR) is 120 cm³/mol. The molecule has 2 aromatic heterocycles. The van der Waals surface area contributed by atoms with E-state index in [1.54, 1.807) is 11.3 Å². The molecule has 4 rings (SSSR count). The quantitative estimate of drug-likeness (QED) is 0.519. The van der Waals surface area contributed by atoms with Crippen LogP contribution in [0.3, 0.4) is 0 Å². The van der Waals surface area contributed by atoms with Gasteiger partial charge in [-0.15, -0.1) is 11.3 Å². The van der Waals surface area contributed by atoms with Crippen LogP contribution in [0.2, 0.25) is 0 Å². The predicted octanol–water partition coefficient (Wildman–Crippen LogP) is 3.49. The van der Waals surface area contributed by atoms with E-state index in [9.17, 15) is 0 Å². The van der Waals surface area contributed by atoms with Crippen LogP contribution in [0.25, 0.3) is 11.3 Å². The minimum atomic E-state index is 0.598. The van der Waals surface area contributed by atoms with Gasteiger partial charge in [-0.2, -0.15) is 0 Å². The van der Waals surface area contributed by atoms with Crippen molar-refractivity contribution in [2.45, 2.75) is 13.5 Å². The number of hydrogen-bond donors (Lipinski definition) is 1. The van der Waals surface area contributed by atoms with Crippen molar-refractivity contribution in [1.82, 2.24) is 20.2 Å². The van der Waals surface area contributed by atoms with Gasteiger partial charge in [-0.25, -0.2) is 15.0 Å². The number of anilines is 1. The summed E-state index contributed by atoms with van der Waals surface area (Å²) in [5.41, 5.74) is 2.17. The Kier molecular flexibility index (Phi) is 6.36. The molecular formula is C22H26N6S. The number of nitrogens with one attached hydrogen (secondary N) is 1. The van der Waals surface area contributed by atoms with Gasteiger partial charge in [0.1, 0.15) is 10.8 Å². The lowest BCUT2D eigenvalue weighted by Gasteiger charge is -2.37. The van der Waals surface area contributed by atoms with Gasteiger partial charge in [0.2, 0.25) is 0 Å². The molecule has 0 radical (unpaired) electrons. The Balaban J connectivity index is 1.39. The molecule has 1 aliphatic rings. The lowest BCUT2D eigenvalue weighted by molar-refractivity contribution is 0.371. The molecule has 1 N–H and O–H groups in total. The highest BCUT2D eigenvalue weighted by atomic mass is 32.1. The highest BCUT2D eigenvalue weighted by Gasteiger charge is 2.20. The van der Waals surface area contributed by atoms with Crippen LogP contribution in [0.1, 0.15) is 11.9 Å². The molecule has 0 unspecified atom stereocenters. The fraction of sp³-hybridized carbons (Fsp3) is 0.318. The van der Waals surface area contributed by atoms with E-state index in [2.05, 4.69) is 50.6 Å². The summed E-state index contributed by atoms with van der Waals surface area (Å²) in [5.74, 6) is 2.01. The molecular weight excluding hydrogens is 380 g/mol. The Morgan fingerprint density at radius 1 is 1.07 bits per heavy atom. The first-order valence-electron chi connectivity index (χ1n) is 10.0. The minimum absolute atomic E-state index is 0.598. The third kappa shape index (κ3) is 4.92. The summed E-state index contributed by atoms with van der Waals surface area (Å²) >= 11 is 1.67. The molecule has 1 saturated heterocycles. The van der Waals surface area contributed by atoms with Gasteiger partial charge in [-0.3, -0.25) is 0 Å². The summed E-state index contributed by atoms with van der Waals surface area (Å²) < 4.78 is 0. The molecule has 0 amide bonds. The van der Waals surface area contributed by atoms with Crippen molar-refractivity contribution in [3.63, 3.8) is 0 Å². The maximum Gasteiger partial charge on any atom is 0.194 e. The molecule has 150 valence electrons. The molecule has 1 fully saturated rings. The highest BCUT2D eigenvalue weighted by Crippen LogP contribution is 2.22. The number of piperazine rings is 1. The van der Waals surface area contributed by atoms with Crippen molar-refractivity contribution < 1.29 is 0 Å². The average molecular weight is 407 g/mol. The van der Waals surface area contributed by atoms with Gasteiger partial charge in [-0.1, -0.05) is 36.4 Å². The Hall–Kier alpha value is -2.93. The highest BCUT2D eigenvalue weighted by molar-refractivity contribution is 7.09. The van der Waals surface area contributed by atoms with Crippen molar-refractivity contribution in [2.75, 3.05) is 37.6 Å². The summed E-state index contributed by atoms with van der Waals surface area (Å²) in [6.07, 6.45) is 1.85. The van der Waals surface area contributed by atoms with E-state index in [1.807, 2.05) is 36.5 Å². The van der Waals surface area contributed by atoms with Crippen LogP contribution in [0.4, 0.5) is 5.82 Å². The molecule has 0 atom stereocenters. The van der Waals surface area contributed by atoms with Gasteiger partial charge >= 0.3 is 0 Å². The second kappa shape index (κ2) is 9.52. The molecule has 0 aliphatic carbocycles. The third-order valence-electron chi connectivity index (χ3n) is 4.87. The monoisotopic (exact) mass is 406 g/mol. The number of aliphatic imine (C=N–C) groups is 1. The second-order valence-electron chi connectivity index (χ2n) is 6.82. The zero-order valence-corrected chi connectivity index (χ0v) is 17.5. The lowest BCUT2D eigenvalue weighted by atomic mass is 10.2. The Morgan fingerprint density at radius 3 is 2.59 bits per heavy atom. The van der Waals surface area contributed by atoms with Crippen LogP contribution >= 0.6 is 11.3 Å². The Labute approximate surface area is 176 Å². The van der Waals surface area contributed by atoms with E-state index in [0.717, 1.165) is 60.8 Å². The van der Waals surface area contributed by atoms with Gasteiger partial charge in [0.25, 0.3) is 0 Å². The summed E-state index contributed by atoms with van der Waals surface area (Å²) in [5, 5.41) is 6.58. The van der Waals surface area contributed by atoms with Gasteiger partial charge in [0.15, 0.2) is 5.96 Å². The smallest absolute Gasteiger partial charge is 0.194 e. The van der Waals surface area contributed by atoms with Crippen molar-refractivity contribution >= 4 is 23.1 Å². The molecule has 1 aromatic carbocycles. The van der Waals surface area contributed by atoms with Gasteiger partial charge in [0, 0.05) is 49.9 Å². The summed E-state index contributed by atoms with van der Waals surface area (Å²) in [4.78, 5) is 18.7. The number of benzene rings is 1. The van der Waals surface area contributed by atoms with E-state index in [1.165, 1.54) is 0 Å². The summed E-state index contributed by atoms with van der Waals surface area (Å²) in [7, 11) is 0. The van der Waals surface area contributed by atoms with Crippen LogP contribution in [0.5, 0.6) is 0 Å². The van der Waals surface area contributed by atoms with E-state index >= 15 is 0 Å². The van der Waals surface area contributed by atoms with Crippen molar-refractivity contribution in [3.05, 3.63) is 65.1 Å². The van der Waals surface area contributed by atoms with E-state index < -0.39 is 0 Å². The molecule has 0 bridgehead atoms.